The molecule has 2 atom stereocenters. The highest BCUT2D eigenvalue weighted by Gasteiger charge is 2.20. The molecule has 122 valence electrons. The summed E-state index contributed by atoms with van der Waals surface area (Å²) in [5, 5.41) is 0. The molecule has 0 aromatic heterocycles. The first-order chi connectivity index (χ1) is 11.8. The van der Waals surface area contributed by atoms with Gasteiger partial charge in [-0.15, -0.1) is 0 Å². The van der Waals surface area contributed by atoms with Crippen LogP contribution in [0, 0.1) is 0 Å². The Labute approximate surface area is 146 Å². The summed E-state index contributed by atoms with van der Waals surface area (Å²) in [7, 11) is 0. The zero-order valence-corrected chi connectivity index (χ0v) is 14.7. The van der Waals surface area contributed by atoms with Crippen molar-refractivity contribution in [2.24, 2.45) is 0 Å². The highest BCUT2D eigenvalue weighted by atomic mass is 14.2. The van der Waals surface area contributed by atoms with E-state index in [0.29, 0.717) is 11.8 Å². The Morgan fingerprint density at radius 3 is 1.71 bits per heavy atom. The van der Waals surface area contributed by atoms with Gasteiger partial charge in [0.2, 0.25) is 0 Å². The highest BCUT2D eigenvalue weighted by molar-refractivity contribution is 5.43. The van der Waals surface area contributed by atoms with Crippen molar-refractivity contribution in [3.63, 3.8) is 0 Å². The van der Waals surface area contributed by atoms with Gasteiger partial charge in [0.1, 0.15) is 0 Å². The summed E-state index contributed by atoms with van der Waals surface area (Å²) in [5.41, 5.74) is 5.73. The van der Waals surface area contributed by atoms with E-state index < -0.39 is 0 Å². The van der Waals surface area contributed by atoms with E-state index >= 15 is 0 Å². The Balaban J connectivity index is 2.04. The third kappa shape index (κ3) is 3.59. The topological polar surface area (TPSA) is 0 Å². The van der Waals surface area contributed by atoms with Crippen molar-refractivity contribution in [3.8, 4) is 0 Å². The maximum absolute atomic E-state index is 2.32. The van der Waals surface area contributed by atoms with E-state index in [0.717, 1.165) is 0 Å². The SMILES string of the molecule is CCCC(c1ccccc1)c1ccccc1C(C)c1ccccc1. The van der Waals surface area contributed by atoms with Crippen LogP contribution in [0.4, 0.5) is 0 Å². The summed E-state index contributed by atoms with van der Waals surface area (Å²) in [6, 6.07) is 30.8. The number of rotatable bonds is 6. The molecule has 0 heteroatoms. The van der Waals surface area contributed by atoms with E-state index in [1.54, 1.807) is 0 Å². The van der Waals surface area contributed by atoms with E-state index in [2.05, 4.69) is 98.8 Å². The molecule has 0 aliphatic rings. The second-order valence-corrected chi connectivity index (χ2v) is 6.51. The second-order valence-electron chi connectivity index (χ2n) is 6.51. The molecule has 0 aliphatic carbocycles. The molecule has 3 aromatic rings. The van der Waals surface area contributed by atoms with Crippen molar-refractivity contribution in [2.45, 2.75) is 38.5 Å². The average Bonchev–Trinajstić information content (AvgIpc) is 2.67. The number of hydrogen-bond acceptors (Lipinski definition) is 0. The lowest BCUT2D eigenvalue weighted by atomic mass is 9.80. The highest BCUT2D eigenvalue weighted by Crippen LogP contribution is 2.36. The van der Waals surface area contributed by atoms with Crippen molar-refractivity contribution in [1.29, 1.82) is 0 Å². The summed E-state index contributed by atoms with van der Waals surface area (Å²) >= 11 is 0. The van der Waals surface area contributed by atoms with Gasteiger partial charge in [-0.3, -0.25) is 0 Å². The van der Waals surface area contributed by atoms with Crippen LogP contribution in [-0.4, -0.2) is 0 Å². The Morgan fingerprint density at radius 2 is 1.12 bits per heavy atom. The molecule has 3 rings (SSSR count). The van der Waals surface area contributed by atoms with Crippen molar-refractivity contribution in [2.75, 3.05) is 0 Å². The molecule has 0 bridgehead atoms. The summed E-state index contributed by atoms with van der Waals surface area (Å²) in [6.07, 6.45) is 2.37. The van der Waals surface area contributed by atoms with Gasteiger partial charge in [-0.1, -0.05) is 105 Å². The Morgan fingerprint density at radius 1 is 0.625 bits per heavy atom. The van der Waals surface area contributed by atoms with E-state index in [1.165, 1.54) is 35.1 Å². The standard InChI is InChI=1S/C24H26/c1-3-12-23(21-15-8-5-9-16-21)24-18-11-10-17-22(24)19(2)20-13-6-4-7-14-20/h4-11,13-19,23H,3,12H2,1-2H3. The first-order valence-electron chi connectivity index (χ1n) is 9.00. The van der Waals surface area contributed by atoms with Crippen LogP contribution >= 0.6 is 0 Å². The van der Waals surface area contributed by atoms with E-state index in [1.807, 2.05) is 0 Å². The van der Waals surface area contributed by atoms with Gasteiger partial charge in [-0.25, -0.2) is 0 Å². The zero-order chi connectivity index (χ0) is 16.8. The van der Waals surface area contributed by atoms with Crippen LogP contribution in [0.5, 0.6) is 0 Å². The minimum Gasteiger partial charge on any atom is -0.0653 e. The van der Waals surface area contributed by atoms with Crippen LogP contribution < -0.4 is 0 Å². The molecule has 0 heterocycles. The second kappa shape index (κ2) is 7.97. The summed E-state index contributed by atoms with van der Waals surface area (Å²) in [6.45, 7) is 4.60. The van der Waals surface area contributed by atoms with Crippen molar-refractivity contribution in [3.05, 3.63) is 107 Å². The molecule has 0 saturated heterocycles. The lowest BCUT2D eigenvalue weighted by Gasteiger charge is -2.24. The quantitative estimate of drug-likeness (QED) is 0.471. The van der Waals surface area contributed by atoms with Gasteiger partial charge in [-0.05, 0) is 28.7 Å². The third-order valence-corrected chi connectivity index (χ3v) is 4.92. The normalized spacial score (nSPS) is 13.4. The molecule has 0 fully saturated rings. The molecule has 0 saturated carbocycles. The average molecular weight is 314 g/mol. The minimum atomic E-state index is 0.408. The van der Waals surface area contributed by atoms with Gasteiger partial charge >= 0.3 is 0 Å². The molecule has 0 spiro atoms. The van der Waals surface area contributed by atoms with Crippen LogP contribution in [0.15, 0.2) is 84.9 Å². The lowest BCUT2D eigenvalue weighted by Crippen LogP contribution is -2.07. The van der Waals surface area contributed by atoms with Crippen LogP contribution in [0.25, 0.3) is 0 Å². The predicted molar refractivity (Wildman–Crippen MR) is 104 cm³/mol. The smallest absolute Gasteiger partial charge is 0.00921 e. The Hall–Kier alpha value is -2.34. The summed E-state index contributed by atoms with van der Waals surface area (Å²) in [4.78, 5) is 0. The maximum atomic E-state index is 2.32. The Bertz CT molecular complexity index is 743. The molecule has 0 N–H and O–H groups in total. The zero-order valence-electron chi connectivity index (χ0n) is 14.7. The molecule has 2 unspecified atom stereocenters. The first-order valence-corrected chi connectivity index (χ1v) is 9.00. The Kier molecular flexibility index (Phi) is 5.48. The van der Waals surface area contributed by atoms with Crippen molar-refractivity contribution < 1.29 is 0 Å². The molecular weight excluding hydrogens is 288 g/mol. The molecule has 0 amide bonds. The van der Waals surface area contributed by atoms with Crippen LogP contribution in [-0.2, 0) is 0 Å². The van der Waals surface area contributed by atoms with Gasteiger partial charge in [-0.2, -0.15) is 0 Å². The van der Waals surface area contributed by atoms with Gasteiger partial charge in [0, 0.05) is 11.8 Å². The van der Waals surface area contributed by atoms with Gasteiger partial charge in [0.05, 0.1) is 0 Å². The lowest BCUT2D eigenvalue weighted by molar-refractivity contribution is 0.686. The van der Waals surface area contributed by atoms with Crippen LogP contribution in [0.3, 0.4) is 0 Å². The molecular formula is C24H26. The third-order valence-electron chi connectivity index (χ3n) is 4.92. The largest absolute Gasteiger partial charge is 0.0653 e. The first kappa shape index (κ1) is 16.5. The molecule has 0 radical (unpaired) electrons. The van der Waals surface area contributed by atoms with E-state index in [4.69, 9.17) is 0 Å². The minimum absolute atomic E-state index is 0.408. The fourth-order valence-corrected chi connectivity index (χ4v) is 3.62. The number of hydrogen-bond donors (Lipinski definition) is 0. The molecule has 24 heavy (non-hydrogen) atoms. The van der Waals surface area contributed by atoms with Crippen LogP contribution in [0.1, 0.15) is 60.8 Å². The van der Waals surface area contributed by atoms with E-state index in [9.17, 15) is 0 Å². The van der Waals surface area contributed by atoms with E-state index in [-0.39, 0.29) is 0 Å². The van der Waals surface area contributed by atoms with Crippen molar-refractivity contribution in [1.82, 2.24) is 0 Å². The molecule has 0 nitrogen and oxygen atoms in total. The molecule has 0 aliphatic heterocycles. The monoisotopic (exact) mass is 314 g/mol. The summed E-state index contributed by atoms with van der Waals surface area (Å²) < 4.78 is 0. The van der Waals surface area contributed by atoms with Gasteiger partial charge in [0.25, 0.3) is 0 Å². The summed E-state index contributed by atoms with van der Waals surface area (Å²) in [5.74, 6) is 0.879. The number of benzene rings is 3. The van der Waals surface area contributed by atoms with Gasteiger partial charge in [0.15, 0.2) is 0 Å². The maximum Gasteiger partial charge on any atom is 0.00921 e. The molecule has 3 aromatic carbocycles. The van der Waals surface area contributed by atoms with Gasteiger partial charge < -0.3 is 0 Å². The van der Waals surface area contributed by atoms with Crippen molar-refractivity contribution >= 4 is 0 Å². The fourth-order valence-electron chi connectivity index (χ4n) is 3.62. The van der Waals surface area contributed by atoms with Crippen LogP contribution in [0.2, 0.25) is 0 Å². The fraction of sp³-hybridized carbons (Fsp3) is 0.250. The predicted octanol–water partition coefficient (Wildman–Crippen LogP) is 6.77.